The molecule has 3 N–H and O–H groups in total. The van der Waals surface area contributed by atoms with Gasteiger partial charge in [-0.05, 0) is 43.9 Å². The summed E-state index contributed by atoms with van der Waals surface area (Å²) in [5.74, 6) is 0.0610. The van der Waals surface area contributed by atoms with Crippen molar-refractivity contribution >= 4 is 17.4 Å². The Kier molecular flexibility index (Phi) is 4.48. The summed E-state index contributed by atoms with van der Waals surface area (Å²) in [5.41, 5.74) is 5.10. The smallest absolute Gasteiger partial charge is 0.368 e. The van der Waals surface area contributed by atoms with Crippen molar-refractivity contribution < 1.29 is 18.0 Å². The zero-order valence-electron chi connectivity index (χ0n) is 14.9. The molecule has 3 aromatic heterocycles. The number of fused-ring (bicyclic) bond motifs is 1. The number of anilines is 1. The number of hydrogen-bond acceptors (Lipinski definition) is 4. The zero-order chi connectivity index (χ0) is 19.9. The number of amides is 1. The number of hydrogen-bond donors (Lipinski definition) is 2. The van der Waals surface area contributed by atoms with Gasteiger partial charge in [-0.2, -0.15) is 18.3 Å². The van der Waals surface area contributed by atoms with Gasteiger partial charge in [-0.25, -0.2) is 4.98 Å². The number of nitrogens with one attached hydrogen (secondary N) is 1. The molecule has 1 amide bonds. The minimum atomic E-state index is -4.48. The molecule has 1 fully saturated rings. The van der Waals surface area contributed by atoms with Gasteiger partial charge in [0, 0.05) is 18.4 Å². The number of nitrogens with zero attached hydrogens (tertiary/aromatic N) is 4. The average molecular weight is 392 g/mol. The van der Waals surface area contributed by atoms with Crippen LogP contribution in [0.15, 0.2) is 36.7 Å². The van der Waals surface area contributed by atoms with E-state index in [4.69, 9.17) is 5.73 Å². The molecule has 0 radical (unpaired) electrons. The number of rotatable bonds is 4. The lowest BCUT2D eigenvalue weighted by Gasteiger charge is -2.30. The Morgan fingerprint density at radius 3 is 2.61 bits per heavy atom. The summed E-state index contributed by atoms with van der Waals surface area (Å²) < 4.78 is 41.9. The number of alkyl halides is 3. The Hall–Kier alpha value is -3.04. The Balaban J connectivity index is 1.47. The topological polar surface area (TPSA) is 90.2 Å². The number of nitrogens with two attached hydrogens (primary N) is 1. The van der Waals surface area contributed by atoms with Crippen molar-refractivity contribution in [3.05, 3.63) is 48.0 Å². The van der Waals surface area contributed by atoms with Gasteiger partial charge in [0.25, 0.3) is 5.91 Å². The molecule has 0 spiro atoms. The van der Waals surface area contributed by atoms with E-state index in [9.17, 15) is 18.0 Å². The first kappa shape index (κ1) is 18.3. The Labute approximate surface area is 158 Å². The molecule has 1 saturated carbocycles. The van der Waals surface area contributed by atoms with Gasteiger partial charge in [-0.1, -0.05) is 6.07 Å². The lowest BCUT2D eigenvalue weighted by molar-refractivity contribution is -0.140. The monoisotopic (exact) mass is 392 g/mol. The van der Waals surface area contributed by atoms with E-state index in [1.165, 1.54) is 4.40 Å². The molecule has 0 bridgehead atoms. The molecule has 0 aromatic carbocycles. The predicted molar refractivity (Wildman–Crippen MR) is 95.9 cm³/mol. The third-order valence-corrected chi connectivity index (χ3v) is 5.10. The second-order valence-corrected chi connectivity index (χ2v) is 6.94. The molecular formula is C18H19F3N6O. The SMILES string of the molecule is NC(=O)c1ccnn1C1CCC(Nc2cccc3nc(C(F)(F)F)cn23)CC1. The van der Waals surface area contributed by atoms with Crippen LogP contribution in [0, 0.1) is 0 Å². The highest BCUT2D eigenvalue weighted by atomic mass is 19.4. The maximum atomic E-state index is 12.9. The van der Waals surface area contributed by atoms with Crippen LogP contribution in [0.25, 0.3) is 5.65 Å². The Morgan fingerprint density at radius 2 is 1.93 bits per heavy atom. The first-order valence-corrected chi connectivity index (χ1v) is 8.98. The van der Waals surface area contributed by atoms with Gasteiger partial charge in [-0.3, -0.25) is 13.9 Å². The van der Waals surface area contributed by atoms with Crippen molar-refractivity contribution in [2.75, 3.05) is 5.32 Å². The van der Waals surface area contributed by atoms with Gasteiger partial charge in [-0.15, -0.1) is 0 Å². The van der Waals surface area contributed by atoms with E-state index < -0.39 is 17.8 Å². The summed E-state index contributed by atoms with van der Waals surface area (Å²) in [6.45, 7) is 0. The fourth-order valence-corrected chi connectivity index (χ4v) is 3.74. The number of primary amides is 1. The highest BCUT2D eigenvalue weighted by Crippen LogP contribution is 2.32. The summed E-state index contributed by atoms with van der Waals surface area (Å²) >= 11 is 0. The summed E-state index contributed by atoms with van der Waals surface area (Å²) in [7, 11) is 0. The van der Waals surface area contributed by atoms with E-state index in [2.05, 4.69) is 15.4 Å². The van der Waals surface area contributed by atoms with Crippen LogP contribution >= 0.6 is 0 Å². The molecule has 10 heteroatoms. The van der Waals surface area contributed by atoms with E-state index in [0.29, 0.717) is 11.5 Å². The van der Waals surface area contributed by atoms with E-state index >= 15 is 0 Å². The maximum absolute atomic E-state index is 12.9. The quantitative estimate of drug-likeness (QED) is 0.713. The zero-order valence-corrected chi connectivity index (χ0v) is 14.9. The van der Waals surface area contributed by atoms with Crippen LogP contribution in [0.4, 0.5) is 19.0 Å². The second-order valence-electron chi connectivity index (χ2n) is 6.94. The molecule has 1 aliphatic rings. The molecule has 0 saturated heterocycles. The van der Waals surface area contributed by atoms with Crippen molar-refractivity contribution in [2.24, 2.45) is 5.73 Å². The molecule has 1 aliphatic carbocycles. The summed E-state index contributed by atoms with van der Waals surface area (Å²) in [5, 5.41) is 7.54. The number of aromatic nitrogens is 4. The molecule has 28 heavy (non-hydrogen) atoms. The lowest BCUT2D eigenvalue weighted by atomic mass is 9.91. The van der Waals surface area contributed by atoms with Crippen molar-refractivity contribution in [1.29, 1.82) is 0 Å². The van der Waals surface area contributed by atoms with Crippen molar-refractivity contribution in [3.8, 4) is 0 Å². The van der Waals surface area contributed by atoms with Crippen LogP contribution in [0.3, 0.4) is 0 Å². The first-order chi connectivity index (χ1) is 13.3. The van der Waals surface area contributed by atoms with Crippen LogP contribution in [0.2, 0.25) is 0 Å². The fourth-order valence-electron chi connectivity index (χ4n) is 3.74. The number of pyridine rings is 1. The third-order valence-electron chi connectivity index (χ3n) is 5.10. The Morgan fingerprint density at radius 1 is 1.18 bits per heavy atom. The second kappa shape index (κ2) is 6.84. The summed E-state index contributed by atoms with van der Waals surface area (Å²) in [4.78, 5) is 15.1. The Bertz CT molecular complexity index is 1000. The number of carbonyl (C=O) groups excluding carboxylic acids is 1. The minimum absolute atomic E-state index is 0.0800. The molecule has 148 valence electrons. The van der Waals surface area contributed by atoms with Crippen LogP contribution in [0.1, 0.15) is 47.9 Å². The number of halogens is 3. The van der Waals surface area contributed by atoms with Crippen molar-refractivity contribution in [1.82, 2.24) is 19.2 Å². The standard InChI is InChI=1S/C18H19F3N6O/c19-18(20,21)14-10-26-15(2-1-3-16(26)25-14)24-11-4-6-12(7-5-11)27-13(17(22)28)8-9-23-27/h1-3,8-12,24H,4-7H2,(H2,22,28). The van der Waals surface area contributed by atoms with E-state index in [1.807, 2.05) is 0 Å². The highest BCUT2D eigenvalue weighted by molar-refractivity contribution is 5.90. The number of carbonyl (C=O) groups is 1. The molecule has 0 atom stereocenters. The van der Waals surface area contributed by atoms with Gasteiger partial charge in [0.15, 0.2) is 5.69 Å². The van der Waals surface area contributed by atoms with Gasteiger partial charge in [0.2, 0.25) is 0 Å². The molecule has 3 heterocycles. The summed E-state index contributed by atoms with van der Waals surface area (Å²) in [6, 6.07) is 6.74. The van der Waals surface area contributed by atoms with Crippen LogP contribution < -0.4 is 11.1 Å². The van der Waals surface area contributed by atoms with Crippen LogP contribution in [0.5, 0.6) is 0 Å². The summed E-state index contributed by atoms with van der Waals surface area (Å²) in [6.07, 6.45) is 1.23. The van der Waals surface area contributed by atoms with Gasteiger partial charge < -0.3 is 11.1 Å². The molecular weight excluding hydrogens is 373 g/mol. The number of imidazole rings is 1. The largest absolute Gasteiger partial charge is 0.434 e. The van der Waals surface area contributed by atoms with Gasteiger partial charge in [0.05, 0.1) is 6.04 Å². The maximum Gasteiger partial charge on any atom is 0.434 e. The average Bonchev–Trinajstić information content (AvgIpc) is 3.30. The molecule has 7 nitrogen and oxygen atoms in total. The van der Waals surface area contributed by atoms with Crippen molar-refractivity contribution in [2.45, 2.75) is 43.9 Å². The van der Waals surface area contributed by atoms with Crippen LogP contribution in [-0.2, 0) is 6.18 Å². The minimum Gasteiger partial charge on any atom is -0.368 e. The van der Waals surface area contributed by atoms with Crippen molar-refractivity contribution in [3.63, 3.8) is 0 Å². The van der Waals surface area contributed by atoms with E-state index in [1.54, 1.807) is 35.1 Å². The van der Waals surface area contributed by atoms with E-state index in [0.717, 1.165) is 31.9 Å². The highest BCUT2D eigenvalue weighted by Gasteiger charge is 2.34. The fraction of sp³-hybridized carbons (Fsp3) is 0.389. The molecule has 0 aliphatic heterocycles. The predicted octanol–water partition coefficient (Wildman–Crippen LogP) is 3.24. The lowest BCUT2D eigenvalue weighted by Crippen LogP contribution is -2.30. The van der Waals surface area contributed by atoms with Gasteiger partial charge in [0.1, 0.15) is 17.2 Å². The molecule has 4 rings (SSSR count). The van der Waals surface area contributed by atoms with Gasteiger partial charge >= 0.3 is 6.18 Å². The third kappa shape index (κ3) is 3.41. The molecule has 0 unspecified atom stereocenters. The normalized spacial score (nSPS) is 20.4. The van der Waals surface area contributed by atoms with Crippen LogP contribution in [-0.4, -0.2) is 31.1 Å². The first-order valence-electron chi connectivity index (χ1n) is 8.98. The molecule has 3 aromatic rings. The van der Waals surface area contributed by atoms with E-state index in [-0.39, 0.29) is 17.7 Å².